The Labute approximate surface area is 123 Å². The SMILES string of the molecule is CCOc1cccc(C(=O)Nc2ccccc2C(C)=O)c1. The first-order chi connectivity index (χ1) is 10.1. The molecule has 0 fully saturated rings. The van der Waals surface area contributed by atoms with Crippen molar-refractivity contribution in [2.75, 3.05) is 11.9 Å². The van der Waals surface area contributed by atoms with Crippen LogP contribution >= 0.6 is 0 Å². The van der Waals surface area contributed by atoms with Gasteiger partial charge in [0.2, 0.25) is 0 Å². The fourth-order valence-corrected chi connectivity index (χ4v) is 1.99. The molecule has 0 bridgehead atoms. The van der Waals surface area contributed by atoms with Gasteiger partial charge in [-0.2, -0.15) is 0 Å². The van der Waals surface area contributed by atoms with Crippen LogP contribution in [0.3, 0.4) is 0 Å². The topological polar surface area (TPSA) is 55.4 Å². The van der Waals surface area contributed by atoms with E-state index in [1.165, 1.54) is 6.92 Å². The third-order valence-electron chi connectivity index (χ3n) is 2.96. The number of hydrogen-bond donors (Lipinski definition) is 1. The summed E-state index contributed by atoms with van der Waals surface area (Å²) in [4.78, 5) is 23.8. The predicted molar refractivity (Wildman–Crippen MR) is 82.0 cm³/mol. The predicted octanol–water partition coefficient (Wildman–Crippen LogP) is 3.54. The average molecular weight is 283 g/mol. The van der Waals surface area contributed by atoms with Gasteiger partial charge >= 0.3 is 0 Å². The Hall–Kier alpha value is -2.62. The molecule has 0 aliphatic carbocycles. The van der Waals surface area contributed by atoms with Gasteiger partial charge in [0.1, 0.15) is 5.75 Å². The smallest absolute Gasteiger partial charge is 0.255 e. The third kappa shape index (κ3) is 3.69. The molecule has 0 spiro atoms. The summed E-state index contributed by atoms with van der Waals surface area (Å²) >= 11 is 0. The Morgan fingerprint density at radius 1 is 1.10 bits per heavy atom. The van der Waals surface area contributed by atoms with E-state index >= 15 is 0 Å². The number of benzene rings is 2. The van der Waals surface area contributed by atoms with Crippen LogP contribution in [0, 0.1) is 0 Å². The molecule has 0 radical (unpaired) electrons. The second-order valence-corrected chi connectivity index (χ2v) is 4.52. The second-order valence-electron chi connectivity index (χ2n) is 4.52. The molecular weight excluding hydrogens is 266 g/mol. The molecule has 2 aromatic carbocycles. The Morgan fingerprint density at radius 2 is 1.86 bits per heavy atom. The molecule has 2 aromatic rings. The van der Waals surface area contributed by atoms with Gasteiger partial charge in [0.05, 0.1) is 12.3 Å². The highest BCUT2D eigenvalue weighted by Gasteiger charge is 2.11. The van der Waals surface area contributed by atoms with Crippen LogP contribution < -0.4 is 10.1 Å². The molecule has 0 aliphatic heterocycles. The molecule has 0 unspecified atom stereocenters. The number of Topliss-reactive ketones (excluding diaryl/α,β-unsaturated/α-hetero) is 1. The van der Waals surface area contributed by atoms with E-state index in [9.17, 15) is 9.59 Å². The summed E-state index contributed by atoms with van der Waals surface area (Å²) in [7, 11) is 0. The minimum Gasteiger partial charge on any atom is -0.494 e. The lowest BCUT2D eigenvalue weighted by molar-refractivity contribution is 0.101. The van der Waals surface area contributed by atoms with Gasteiger partial charge in [-0.05, 0) is 44.2 Å². The molecule has 4 nitrogen and oxygen atoms in total. The van der Waals surface area contributed by atoms with Crippen molar-refractivity contribution in [3.63, 3.8) is 0 Å². The van der Waals surface area contributed by atoms with Crippen molar-refractivity contribution < 1.29 is 14.3 Å². The molecule has 2 rings (SSSR count). The van der Waals surface area contributed by atoms with Crippen LogP contribution in [0.5, 0.6) is 5.75 Å². The highest BCUT2D eigenvalue weighted by Crippen LogP contribution is 2.18. The Kier molecular flexibility index (Phi) is 4.72. The zero-order valence-corrected chi connectivity index (χ0v) is 12.1. The number of hydrogen-bond acceptors (Lipinski definition) is 3. The number of ketones is 1. The van der Waals surface area contributed by atoms with Gasteiger partial charge in [0.15, 0.2) is 5.78 Å². The van der Waals surface area contributed by atoms with Gasteiger partial charge in [-0.25, -0.2) is 0 Å². The monoisotopic (exact) mass is 283 g/mol. The summed E-state index contributed by atoms with van der Waals surface area (Å²) in [5.41, 5.74) is 1.49. The lowest BCUT2D eigenvalue weighted by Gasteiger charge is -2.10. The first-order valence-corrected chi connectivity index (χ1v) is 6.76. The molecule has 0 heterocycles. The minimum absolute atomic E-state index is 0.0889. The molecule has 0 atom stereocenters. The van der Waals surface area contributed by atoms with Crippen molar-refractivity contribution in [1.29, 1.82) is 0 Å². The fourth-order valence-electron chi connectivity index (χ4n) is 1.99. The standard InChI is InChI=1S/C17H17NO3/c1-3-21-14-8-6-7-13(11-14)17(20)18-16-10-5-4-9-15(16)12(2)19/h4-11H,3H2,1-2H3,(H,18,20). The maximum atomic E-state index is 12.3. The van der Waals surface area contributed by atoms with Gasteiger partial charge in [-0.1, -0.05) is 18.2 Å². The summed E-state index contributed by atoms with van der Waals surface area (Å²) in [6, 6.07) is 13.9. The third-order valence-corrected chi connectivity index (χ3v) is 2.96. The van der Waals surface area contributed by atoms with Crippen molar-refractivity contribution in [3.05, 3.63) is 59.7 Å². The second kappa shape index (κ2) is 6.70. The molecule has 108 valence electrons. The van der Waals surface area contributed by atoms with E-state index in [1.807, 2.05) is 6.92 Å². The van der Waals surface area contributed by atoms with Gasteiger partial charge in [-0.3, -0.25) is 9.59 Å². The molecule has 1 amide bonds. The first kappa shape index (κ1) is 14.8. The van der Waals surface area contributed by atoms with E-state index in [0.29, 0.717) is 29.2 Å². The normalized spacial score (nSPS) is 10.0. The van der Waals surface area contributed by atoms with Crippen molar-refractivity contribution in [1.82, 2.24) is 0 Å². The highest BCUT2D eigenvalue weighted by atomic mass is 16.5. The maximum Gasteiger partial charge on any atom is 0.255 e. The molecule has 0 saturated carbocycles. The number of rotatable bonds is 5. The molecule has 1 N–H and O–H groups in total. The fraction of sp³-hybridized carbons (Fsp3) is 0.176. The van der Waals surface area contributed by atoms with Crippen molar-refractivity contribution in [3.8, 4) is 5.75 Å². The number of nitrogens with one attached hydrogen (secondary N) is 1. The maximum absolute atomic E-state index is 12.3. The van der Waals surface area contributed by atoms with E-state index in [0.717, 1.165) is 0 Å². The van der Waals surface area contributed by atoms with E-state index in [-0.39, 0.29) is 11.7 Å². The zero-order valence-electron chi connectivity index (χ0n) is 12.1. The van der Waals surface area contributed by atoms with Gasteiger partial charge < -0.3 is 10.1 Å². The largest absolute Gasteiger partial charge is 0.494 e. The molecule has 4 heteroatoms. The number of anilines is 1. The van der Waals surface area contributed by atoms with Crippen LogP contribution in [-0.2, 0) is 0 Å². The molecule has 21 heavy (non-hydrogen) atoms. The van der Waals surface area contributed by atoms with Gasteiger partial charge in [0.25, 0.3) is 5.91 Å². The van der Waals surface area contributed by atoms with E-state index in [2.05, 4.69) is 5.32 Å². The summed E-state index contributed by atoms with van der Waals surface area (Å²) in [5, 5.41) is 2.76. The number of carbonyl (C=O) groups excluding carboxylic acids is 2. The van der Waals surface area contributed by atoms with Crippen LogP contribution in [-0.4, -0.2) is 18.3 Å². The average Bonchev–Trinajstić information content (AvgIpc) is 2.48. The Morgan fingerprint density at radius 3 is 2.57 bits per heavy atom. The summed E-state index contributed by atoms with van der Waals surface area (Å²) in [5.74, 6) is 0.282. The van der Waals surface area contributed by atoms with Crippen molar-refractivity contribution in [2.24, 2.45) is 0 Å². The summed E-state index contributed by atoms with van der Waals surface area (Å²) in [6.07, 6.45) is 0. The van der Waals surface area contributed by atoms with Crippen molar-refractivity contribution in [2.45, 2.75) is 13.8 Å². The van der Waals surface area contributed by atoms with Gasteiger partial charge in [0, 0.05) is 11.1 Å². The van der Waals surface area contributed by atoms with E-state index in [4.69, 9.17) is 4.74 Å². The highest BCUT2D eigenvalue weighted by molar-refractivity contribution is 6.09. The van der Waals surface area contributed by atoms with Crippen LogP contribution in [0.15, 0.2) is 48.5 Å². The van der Waals surface area contributed by atoms with Crippen LogP contribution in [0.4, 0.5) is 5.69 Å². The first-order valence-electron chi connectivity index (χ1n) is 6.76. The number of para-hydroxylation sites is 1. The number of ether oxygens (including phenoxy) is 1. The molecule has 0 aliphatic rings. The van der Waals surface area contributed by atoms with Crippen LogP contribution in [0.25, 0.3) is 0 Å². The number of carbonyl (C=O) groups is 2. The lowest BCUT2D eigenvalue weighted by Crippen LogP contribution is -2.14. The van der Waals surface area contributed by atoms with Crippen LogP contribution in [0.2, 0.25) is 0 Å². The zero-order chi connectivity index (χ0) is 15.2. The molecular formula is C17H17NO3. The summed E-state index contributed by atoms with van der Waals surface area (Å²) in [6.45, 7) is 3.90. The quantitative estimate of drug-likeness (QED) is 0.854. The van der Waals surface area contributed by atoms with E-state index in [1.54, 1.807) is 48.5 Å². The Balaban J connectivity index is 2.22. The van der Waals surface area contributed by atoms with Gasteiger partial charge in [-0.15, -0.1) is 0 Å². The minimum atomic E-state index is -0.273. The lowest BCUT2D eigenvalue weighted by atomic mass is 10.1. The molecule has 0 aromatic heterocycles. The van der Waals surface area contributed by atoms with Crippen LogP contribution in [0.1, 0.15) is 34.6 Å². The van der Waals surface area contributed by atoms with E-state index < -0.39 is 0 Å². The molecule has 0 saturated heterocycles. The summed E-state index contributed by atoms with van der Waals surface area (Å²) < 4.78 is 5.37. The Bertz CT molecular complexity index is 665. The number of amides is 1. The van der Waals surface area contributed by atoms with Crippen molar-refractivity contribution >= 4 is 17.4 Å².